The van der Waals surface area contributed by atoms with E-state index in [4.69, 9.17) is 9.47 Å². The summed E-state index contributed by atoms with van der Waals surface area (Å²) in [6.45, 7) is 2.23. The van der Waals surface area contributed by atoms with Gasteiger partial charge in [-0.3, -0.25) is 14.2 Å². The Morgan fingerprint density at radius 3 is 2.44 bits per heavy atom. The number of rotatable bonds is 5. The maximum Gasteiger partial charge on any atom is 0.346 e. The fraction of sp³-hybridized carbons (Fsp3) is 0.545. The molecule has 172 valence electrons. The van der Waals surface area contributed by atoms with E-state index >= 15 is 0 Å². The zero-order valence-corrected chi connectivity index (χ0v) is 18.6. The van der Waals surface area contributed by atoms with Crippen molar-refractivity contribution >= 4 is 11.8 Å². The number of aromatic nitrogens is 3. The van der Waals surface area contributed by atoms with E-state index in [2.05, 4.69) is 5.10 Å². The standard InChI is InChI=1S/C22H29N5O5/c1-31-16-7-8-17(18(14-16)32-2)21(29)25-12-10-24(11-13-25)20(28)15-27-22(30)26-9-5-3-4-6-19(26)23-27/h7-8,14H,3-6,9-13,15H2,1-2H3. The van der Waals surface area contributed by atoms with Gasteiger partial charge in [0.15, 0.2) is 0 Å². The first kappa shape index (κ1) is 21.9. The molecule has 3 heterocycles. The predicted molar refractivity (Wildman–Crippen MR) is 116 cm³/mol. The molecule has 0 saturated carbocycles. The van der Waals surface area contributed by atoms with E-state index in [0.717, 1.165) is 31.5 Å². The molecular formula is C22H29N5O5. The van der Waals surface area contributed by atoms with Crippen LogP contribution in [0.5, 0.6) is 11.5 Å². The van der Waals surface area contributed by atoms with Gasteiger partial charge >= 0.3 is 5.69 Å². The maximum absolute atomic E-state index is 13.0. The summed E-state index contributed by atoms with van der Waals surface area (Å²) >= 11 is 0. The van der Waals surface area contributed by atoms with Crippen LogP contribution in [0.4, 0.5) is 0 Å². The highest BCUT2D eigenvalue weighted by Crippen LogP contribution is 2.26. The summed E-state index contributed by atoms with van der Waals surface area (Å²) in [5, 5.41) is 4.39. The molecule has 2 aliphatic heterocycles. The lowest BCUT2D eigenvalue weighted by Crippen LogP contribution is -2.51. The second-order valence-electron chi connectivity index (χ2n) is 8.06. The minimum atomic E-state index is -0.212. The summed E-state index contributed by atoms with van der Waals surface area (Å²) in [4.78, 5) is 41.8. The number of fused-ring (bicyclic) bond motifs is 1. The number of carbonyl (C=O) groups excluding carboxylic acids is 2. The van der Waals surface area contributed by atoms with Crippen molar-refractivity contribution in [2.75, 3.05) is 40.4 Å². The van der Waals surface area contributed by atoms with Crippen LogP contribution < -0.4 is 15.2 Å². The predicted octanol–water partition coefficient (Wildman–Crippen LogP) is 0.773. The van der Waals surface area contributed by atoms with Gasteiger partial charge in [-0.1, -0.05) is 6.42 Å². The molecule has 10 nitrogen and oxygen atoms in total. The Balaban J connectivity index is 1.37. The van der Waals surface area contributed by atoms with E-state index in [1.165, 1.54) is 11.8 Å². The Morgan fingerprint density at radius 2 is 1.72 bits per heavy atom. The minimum absolute atomic E-state index is 0.0704. The summed E-state index contributed by atoms with van der Waals surface area (Å²) < 4.78 is 13.5. The van der Waals surface area contributed by atoms with E-state index in [9.17, 15) is 14.4 Å². The Kier molecular flexibility index (Phi) is 6.48. The van der Waals surface area contributed by atoms with E-state index in [1.54, 1.807) is 39.7 Å². The van der Waals surface area contributed by atoms with Crippen LogP contribution in [0.1, 0.15) is 35.4 Å². The SMILES string of the molecule is COc1ccc(C(=O)N2CCN(C(=O)Cn3nc4n(c3=O)CCCCC4)CC2)c(OC)c1. The molecule has 32 heavy (non-hydrogen) atoms. The number of carbonyl (C=O) groups is 2. The number of ether oxygens (including phenoxy) is 2. The van der Waals surface area contributed by atoms with Gasteiger partial charge in [0.05, 0.1) is 19.8 Å². The molecule has 1 fully saturated rings. The van der Waals surface area contributed by atoms with Crippen molar-refractivity contribution in [2.45, 2.75) is 38.8 Å². The fourth-order valence-corrected chi connectivity index (χ4v) is 4.26. The van der Waals surface area contributed by atoms with Gasteiger partial charge in [0.25, 0.3) is 5.91 Å². The number of hydrogen-bond acceptors (Lipinski definition) is 6. The second kappa shape index (κ2) is 9.46. The molecule has 2 aliphatic rings. The maximum atomic E-state index is 13.0. The van der Waals surface area contributed by atoms with Crippen LogP contribution in [0.15, 0.2) is 23.0 Å². The Morgan fingerprint density at radius 1 is 0.969 bits per heavy atom. The van der Waals surface area contributed by atoms with Gasteiger partial charge in [-0.2, -0.15) is 5.10 Å². The quantitative estimate of drug-likeness (QED) is 0.677. The van der Waals surface area contributed by atoms with Crippen LogP contribution in [-0.2, 0) is 24.3 Å². The summed E-state index contributed by atoms with van der Waals surface area (Å²) in [5.41, 5.74) is 0.245. The van der Waals surface area contributed by atoms with Crippen molar-refractivity contribution < 1.29 is 19.1 Å². The molecule has 0 atom stereocenters. The summed E-state index contributed by atoms with van der Waals surface area (Å²) in [6.07, 6.45) is 3.83. The molecule has 0 bridgehead atoms. The van der Waals surface area contributed by atoms with Gasteiger partial charge in [-0.15, -0.1) is 0 Å². The zero-order valence-electron chi connectivity index (χ0n) is 18.6. The summed E-state index contributed by atoms with van der Waals surface area (Å²) in [5.74, 6) is 1.52. The van der Waals surface area contributed by atoms with Crippen LogP contribution in [0.25, 0.3) is 0 Å². The molecule has 2 aromatic rings. The van der Waals surface area contributed by atoms with Gasteiger partial charge in [0.2, 0.25) is 5.91 Å². The van der Waals surface area contributed by atoms with Crippen molar-refractivity contribution in [3.05, 3.63) is 40.1 Å². The molecule has 0 spiro atoms. The van der Waals surface area contributed by atoms with Crippen LogP contribution in [0, 0.1) is 0 Å². The average molecular weight is 444 g/mol. The third-order valence-electron chi connectivity index (χ3n) is 6.13. The lowest BCUT2D eigenvalue weighted by atomic mass is 10.1. The first-order valence-corrected chi connectivity index (χ1v) is 11.0. The molecule has 1 aromatic carbocycles. The van der Waals surface area contributed by atoms with Gasteiger partial charge in [-0.25, -0.2) is 9.48 Å². The molecule has 10 heteroatoms. The monoisotopic (exact) mass is 443 g/mol. The Labute approximate surface area is 186 Å². The molecular weight excluding hydrogens is 414 g/mol. The highest BCUT2D eigenvalue weighted by molar-refractivity contribution is 5.97. The average Bonchev–Trinajstić information content (AvgIpc) is 2.98. The number of benzene rings is 1. The molecule has 1 aromatic heterocycles. The van der Waals surface area contributed by atoms with Crippen molar-refractivity contribution in [1.82, 2.24) is 24.1 Å². The molecule has 0 aliphatic carbocycles. The zero-order chi connectivity index (χ0) is 22.7. The summed E-state index contributed by atoms with van der Waals surface area (Å²) in [6, 6.07) is 5.09. The molecule has 0 radical (unpaired) electrons. The smallest absolute Gasteiger partial charge is 0.346 e. The molecule has 4 rings (SSSR count). The summed E-state index contributed by atoms with van der Waals surface area (Å²) in [7, 11) is 3.07. The number of methoxy groups -OCH3 is 2. The number of hydrogen-bond donors (Lipinski definition) is 0. The van der Waals surface area contributed by atoms with Gasteiger partial charge in [0.1, 0.15) is 23.9 Å². The first-order valence-electron chi connectivity index (χ1n) is 11.0. The van der Waals surface area contributed by atoms with E-state index in [1.807, 2.05) is 0 Å². The van der Waals surface area contributed by atoms with Gasteiger partial charge in [-0.05, 0) is 25.0 Å². The third-order valence-corrected chi connectivity index (χ3v) is 6.13. The molecule has 2 amide bonds. The van der Waals surface area contributed by atoms with Gasteiger partial charge in [0, 0.05) is 45.2 Å². The van der Waals surface area contributed by atoms with Crippen LogP contribution >= 0.6 is 0 Å². The molecule has 0 N–H and O–H groups in total. The van der Waals surface area contributed by atoms with Crippen LogP contribution in [0.3, 0.4) is 0 Å². The van der Waals surface area contributed by atoms with E-state index < -0.39 is 0 Å². The highest BCUT2D eigenvalue weighted by Gasteiger charge is 2.27. The van der Waals surface area contributed by atoms with E-state index in [-0.39, 0.29) is 24.0 Å². The fourth-order valence-electron chi connectivity index (χ4n) is 4.26. The first-order chi connectivity index (χ1) is 15.5. The second-order valence-corrected chi connectivity index (χ2v) is 8.06. The van der Waals surface area contributed by atoms with E-state index in [0.29, 0.717) is 49.8 Å². The van der Waals surface area contributed by atoms with Crippen molar-refractivity contribution in [1.29, 1.82) is 0 Å². The number of nitrogens with zero attached hydrogens (tertiary/aromatic N) is 5. The third kappa shape index (κ3) is 4.35. The van der Waals surface area contributed by atoms with Gasteiger partial charge < -0.3 is 19.3 Å². The Hall–Kier alpha value is -3.30. The van der Waals surface area contributed by atoms with Crippen molar-refractivity contribution in [2.24, 2.45) is 0 Å². The normalized spacial score (nSPS) is 16.3. The van der Waals surface area contributed by atoms with Crippen LogP contribution in [-0.4, -0.2) is 76.4 Å². The number of aryl methyl sites for hydroxylation is 1. The van der Waals surface area contributed by atoms with Crippen LogP contribution in [0.2, 0.25) is 0 Å². The largest absolute Gasteiger partial charge is 0.497 e. The van der Waals surface area contributed by atoms with Crippen molar-refractivity contribution in [3.63, 3.8) is 0 Å². The number of piperazine rings is 1. The topological polar surface area (TPSA) is 98.9 Å². The lowest BCUT2D eigenvalue weighted by Gasteiger charge is -2.35. The molecule has 0 unspecified atom stereocenters. The number of amides is 2. The minimum Gasteiger partial charge on any atom is -0.497 e. The Bertz CT molecular complexity index is 1050. The molecule has 1 saturated heterocycles. The highest BCUT2D eigenvalue weighted by atomic mass is 16.5. The van der Waals surface area contributed by atoms with Crippen molar-refractivity contribution in [3.8, 4) is 11.5 Å². The lowest BCUT2D eigenvalue weighted by molar-refractivity contribution is -0.133.